The SMILES string of the molecule is CC(C)CC1(C)CC(=O)N(CCC2CCCO2)C1=O. The first-order valence-electron chi connectivity index (χ1n) is 7.39. The fourth-order valence-corrected chi connectivity index (χ4v) is 3.38. The second-order valence-corrected chi connectivity index (χ2v) is 6.61. The zero-order chi connectivity index (χ0) is 14.0. The standard InChI is InChI=1S/C15H25NO3/c1-11(2)9-15(3)10-13(17)16(14(15)18)7-6-12-5-4-8-19-12/h11-12H,4-10H2,1-3H3. The van der Waals surface area contributed by atoms with Crippen LogP contribution in [0.5, 0.6) is 0 Å². The van der Waals surface area contributed by atoms with Gasteiger partial charge >= 0.3 is 0 Å². The molecule has 2 amide bonds. The highest BCUT2D eigenvalue weighted by molar-refractivity contribution is 6.05. The zero-order valence-corrected chi connectivity index (χ0v) is 12.3. The highest BCUT2D eigenvalue weighted by Crippen LogP contribution is 2.38. The molecule has 4 nitrogen and oxygen atoms in total. The van der Waals surface area contributed by atoms with Gasteiger partial charge in [-0.25, -0.2) is 0 Å². The Labute approximate surface area is 115 Å². The average molecular weight is 267 g/mol. The molecule has 19 heavy (non-hydrogen) atoms. The summed E-state index contributed by atoms with van der Waals surface area (Å²) in [5.41, 5.74) is -0.484. The third-order valence-electron chi connectivity index (χ3n) is 4.16. The Hall–Kier alpha value is -0.900. The van der Waals surface area contributed by atoms with Crippen molar-refractivity contribution in [2.24, 2.45) is 11.3 Å². The number of imide groups is 1. The third kappa shape index (κ3) is 3.16. The maximum atomic E-state index is 12.4. The normalized spacial score (nSPS) is 31.8. The molecule has 2 rings (SSSR count). The first kappa shape index (κ1) is 14.5. The lowest BCUT2D eigenvalue weighted by Crippen LogP contribution is -2.36. The number of rotatable bonds is 5. The van der Waals surface area contributed by atoms with Gasteiger partial charge in [-0.1, -0.05) is 20.8 Å². The van der Waals surface area contributed by atoms with Gasteiger partial charge in [0.25, 0.3) is 0 Å². The minimum atomic E-state index is -0.484. The van der Waals surface area contributed by atoms with Gasteiger partial charge in [-0.3, -0.25) is 14.5 Å². The first-order valence-corrected chi connectivity index (χ1v) is 7.39. The van der Waals surface area contributed by atoms with E-state index < -0.39 is 5.41 Å². The molecule has 2 unspecified atom stereocenters. The summed E-state index contributed by atoms with van der Waals surface area (Å²) in [6, 6.07) is 0. The van der Waals surface area contributed by atoms with Crippen LogP contribution in [0.15, 0.2) is 0 Å². The van der Waals surface area contributed by atoms with Crippen LogP contribution in [0.2, 0.25) is 0 Å². The van der Waals surface area contributed by atoms with Crippen LogP contribution in [0.1, 0.15) is 52.9 Å². The molecule has 2 aliphatic heterocycles. The molecule has 4 heteroatoms. The number of ether oxygens (including phenoxy) is 1. The summed E-state index contributed by atoms with van der Waals surface area (Å²) in [4.78, 5) is 26.0. The van der Waals surface area contributed by atoms with E-state index in [0.717, 1.165) is 32.3 Å². The van der Waals surface area contributed by atoms with Crippen molar-refractivity contribution in [1.29, 1.82) is 0 Å². The molecule has 0 N–H and O–H groups in total. The van der Waals surface area contributed by atoms with Crippen LogP contribution in [-0.2, 0) is 14.3 Å². The monoisotopic (exact) mass is 267 g/mol. The number of likely N-dealkylation sites (tertiary alicyclic amines) is 1. The molecule has 0 radical (unpaired) electrons. The molecule has 0 bridgehead atoms. The third-order valence-corrected chi connectivity index (χ3v) is 4.16. The second kappa shape index (κ2) is 5.61. The lowest BCUT2D eigenvalue weighted by molar-refractivity contribution is -0.141. The fraction of sp³-hybridized carbons (Fsp3) is 0.867. The summed E-state index contributed by atoms with van der Waals surface area (Å²) in [5.74, 6) is 0.440. The van der Waals surface area contributed by atoms with Crippen LogP contribution in [0.3, 0.4) is 0 Å². The Morgan fingerprint density at radius 3 is 2.74 bits per heavy atom. The minimum absolute atomic E-state index is 0.00820. The Kier molecular flexibility index (Phi) is 4.29. The van der Waals surface area contributed by atoms with Gasteiger partial charge < -0.3 is 4.74 Å². The van der Waals surface area contributed by atoms with Crippen LogP contribution in [-0.4, -0.2) is 36.0 Å². The zero-order valence-electron chi connectivity index (χ0n) is 12.3. The van der Waals surface area contributed by atoms with E-state index in [0.29, 0.717) is 18.9 Å². The Morgan fingerprint density at radius 1 is 1.42 bits per heavy atom. The summed E-state index contributed by atoms with van der Waals surface area (Å²) < 4.78 is 5.55. The van der Waals surface area contributed by atoms with Crippen LogP contribution in [0.25, 0.3) is 0 Å². The van der Waals surface area contributed by atoms with Crippen molar-refractivity contribution in [3.05, 3.63) is 0 Å². The van der Waals surface area contributed by atoms with E-state index in [9.17, 15) is 9.59 Å². The maximum Gasteiger partial charge on any atom is 0.235 e. The van der Waals surface area contributed by atoms with Crippen molar-refractivity contribution in [3.8, 4) is 0 Å². The van der Waals surface area contributed by atoms with E-state index in [-0.39, 0.29) is 17.9 Å². The van der Waals surface area contributed by atoms with Crippen LogP contribution in [0, 0.1) is 11.3 Å². The molecular weight excluding hydrogens is 242 g/mol. The number of hydrogen-bond acceptors (Lipinski definition) is 3. The Bertz CT molecular complexity index is 360. The van der Waals surface area contributed by atoms with Crippen LogP contribution in [0.4, 0.5) is 0 Å². The molecule has 0 saturated carbocycles. The number of nitrogens with zero attached hydrogens (tertiary/aromatic N) is 1. The summed E-state index contributed by atoms with van der Waals surface area (Å²) in [5, 5.41) is 0. The molecule has 0 aromatic heterocycles. The highest BCUT2D eigenvalue weighted by atomic mass is 16.5. The van der Waals surface area contributed by atoms with Crippen molar-refractivity contribution in [2.75, 3.05) is 13.2 Å². The van der Waals surface area contributed by atoms with E-state index in [2.05, 4.69) is 13.8 Å². The Balaban J connectivity index is 1.93. The van der Waals surface area contributed by atoms with Crippen molar-refractivity contribution < 1.29 is 14.3 Å². The number of amides is 2. The van der Waals surface area contributed by atoms with E-state index in [4.69, 9.17) is 4.74 Å². The van der Waals surface area contributed by atoms with E-state index in [1.165, 1.54) is 4.90 Å². The molecule has 0 aromatic carbocycles. The molecule has 2 saturated heterocycles. The van der Waals surface area contributed by atoms with Crippen LogP contribution >= 0.6 is 0 Å². The van der Waals surface area contributed by atoms with Crippen molar-refractivity contribution >= 4 is 11.8 Å². The average Bonchev–Trinajstić information content (AvgIpc) is 2.86. The Morgan fingerprint density at radius 2 is 2.16 bits per heavy atom. The van der Waals surface area contributed by atoms with Crippen LogP contribution < -0.4 is 0 Å². The quantitative estimate of drug-likeness (QED) is 0.718. The molecule has 2 atom stereocenters. The molecule has 0 spiro atoms. The molecule has 2 fully saturated rings. The number of hydrogen-bond donors (Lipinski definition) is 0. The molecule has 2 aliphatic rings. The van der Waals surface area contributed by atoms with E-state index >= 15 is 0 Å². The van der Waals surface area contributed by atoms with E-state index in [1.807, 2.05) is 6.92 Å². The summed E-state index contributed by atoms with van der Waals surface area (Å²) in [7, 11) is 0. The predicted octanol–water partition coefficient (Wildman–Crippen LogP) is 2.37. The minimum Gasteiger partial charge on any atom is -0.378 e. The van der Waals surface area contributed by atoms with E-state index in [1.54, 1.807) is 0 Å². The number of carbonyl (C=O) groups excluding carboxylic acids is 2. The smallest absolute Gasteiger partial charge is 0.235 e. The van der Waals surface area contributed by atoms with Gasteiger partial charge in [0.15, 0.2) is 0 Å². The van der Waals surface area contributed by atoms with Gasteiger partial charge in [0, 0.05) is 19.6 Å². The van der Waals surface area contributed by atoms with Gasteiger partial charge in [-0.15, -0.1) is 0 Å². The van der Waals surface area contributed by atoms with Gasteiger partial charge in [0.2, 0.25) is 11.8 Å². The maximum absolute atomic E-state index is 12.4. The van der Waals surface area contributed by atoms with Crippen molar-refractivity contribution in [1.82, 2.24) is 4.90 Å². The fourth-order valence-electron chi connectivity index (χ4n) is 3.38. The largest absolute Gasteiger partial charge is 0.378 e. The van der Waals surface area contributed by atoms with Gasteiger partial charge in [0.1, 0.15) is 0 Å². The summed E-state index contributed by atoms with van der Waals surface area (Å²) in [6.07, 6.45) is 4.33. The molecular formula is C15H25NO3. The summed E-state index contributed by atoms with van der Waals surface area (Å²) >= 11 is 0. The molecule has 0 aliphatic carbocycles. The van der Waals surface area contributed by atoms with Crippen molar-refractivity contribution in [3.63, 3.8) is 0 Å². The molecule has 108 valence electrons. The lowest BCUT2D eigenvalue weighted by atomic mass is 9.80. The lowest BCUT2D eigenvalue weighted by Gasteiger charge is -2.24. The summed E-state index contributed by atoms with van der Waals surface area (Å²) in [6.45, 7) is 7.46. The predicted molar refractivity (Wildman–Crippen MR) is 72.5 cm³/mol. The second-order valence-electron chi connectivity index (χ2n) is 6.61. The van der Waals surface area contributed by atoms with Gasteiger partial charge in [0.05, 0.1) is 11.5 Å². The van der Waals surface area contributed by atoms with Gasteiger partial charge in [-0.05, 0) is 31.6 Å². The van der Waals surface area contributed by atoms with Crippen molar-refractivity contribution in [2.45, 2.75) is 59.0 Å². The topological polar surface area (TPSA) is 46.6 Å². The molecule has 0 aromatic rings. The molecule has 2 heterocycles. The first-order chi connectivity index (χ1) is 8.92. The number of carbonyl (C=O) groups is 2. The van der Waals surface area contributed by atoms with Gasteiger partial charge in [-0.2, -0.15) is 0 Å². The highest BCUT2D eigenvalue weighted by Gasteiger charge is 2.47.